The highest BCUT2D eigenvalue weighted by atomic mass is 19.4. The molecular formula is C17H13F3N4O4. The molecule has 0 spiro atoms. The van der Waals surface area contributed by atoms with E-state index in [0.717, 1.165) is 22.3 Å². The van der Waals surface area contributed by atoms with Crippen molar-refractivity contribution in [1.82, 2.24) is 15.1 Å². The molecule has 0 bridgehead atoms. The Morgan fingerprint density at radius 2 is 1.75 bits per heavy atom. The molecule has 2 aromatic heterocycles. The maximum Gasteiger partial charge on any atom is 0.430 e. The fourth-order valence-corrected chi connectivity index (χ4v) is 1.97. The van der Waals surface area contributed by atoms with E-state index in [-0.39, 0.29) is 6.42 Å². The van der Waals surface area contributed by atoms with Crippen molar-refractivity contribution in [2.24, 2.45) is 0 Å². The molecule has 0 saturated carbocycles. The Kier molecular flexibility index (Phi) is 6.53. The molecule has 0 aliphatic heterocycles. The van der Waals surface area contributed by atoms with Crippen LogP contribution < -0.4 is 9.79 Å². The van der Waals surface area contributed by atoms with E-state index in [1.54, 1.807) is 23.3 Å². The molecule has 0 unspecified atom stereocenters. The first-order valence-corrected chi connectivity index (χ1v) is 7.74. The fourth-order valence-electron chi connectivity index (χ4n) is 1.97. The zero-order chi connectivity index (χ0) is 20.7. The van der Waals surface area contributed by atoms with Crippen molar-refractivity contribution in [3.8, 4) is 11.3 Å². The first-order chi connectivity index (χ1) is 13.2. The summed E-state index contributed by atoms with van der Waals surface area (Å²) in [7, 11) is 0. The van der Waals surface area contributed by atoms with Crippen LogP contribution in [-0.4, -0.2) is 38.3 Å². The van der Waals surface area contributed by atoms with Gasteiger partial charge in [0.25, 0.3) is 0 Å². The molecule has 0 atom stereocenters. The van der Waals surface area contributed by atoms with Gasteiger partial charge in [0.15, 0.2) is 12.7 Å². The number of aliphatic carboxylic acids is 2. The van der Waals surface area contributed by atoms with Gasteiger partial charge in [0.05, 0.1) is 22.9 Å². The van der Waals surface area contributed by atoms with E-state index >= 15 is 0 Å². The number of fused-ring (bicyclic) bond motifs is 1. The average Bonchev–Trinajstić information content (AvgIpc) is 2.66. The van der Waals surface area contributed by atoms with E-state index in [9.17, 15) is 18.0 Å². The zero-order valence-corrected chi connectivity index (χ0v) is 14.1. The number of nitrogens with zero attached hydrogens (tertiary/aromatic N) is 4. The summed E-state index contributed by atoms with van der Waals surface area (Å²) in [5.74, 6) is -3.85. The Morgan fingerprint density at radius 3 is 2.29 bits per heavy atom. The van der Waals surface area contributed by atoms with Crippen molar-refractivity contribution in [1.29, 1.82) is 0 Å². The monoisotopic (exact) mass is 394 g/mol. The van der Waals surface area contributed by atoms with E-state index in [0.29, 0.717) is 6.54 Å². The second-order valence-electron chi connectivity index (χ2n) is 5.35. The number of para-hydroxylation sites is 2. The molecule has 1 aromatic carbocycles. The molecule has 2 heterocycles. The standard InChI is InChI=1S/C15H12N4O2.C2HF3O2/c20-15(21)6-8-19-7-5-11(9-17-19)14-10-16-12-3-1-2-4-13(12)18-14;3-2(4,5)1(6)7/h1-5,7,9-10H,6,8H2;(H,6,7). The molecule has 0 fully saturated rings. The fraction of sp³-hybridized carbons (Fsp3) is 0.176. The van der Waals surface area contributed by atoms with Crippen molar-refractivity contribution >= 4 is 23.0 Å². The van der Waals surface area contributed by atoms with Crippen LogP contribution in [-0.2, 0) is 16.1 Å². The molecule has 3 rings (SSSR count). The highest BCUT2D eigenvalue weighted by Crippen LogP contribution is 2.17. The van der Waals surface area contributed by atoms with Crippen LogP contribution >= 0.6 is 0 Å². The third kappa shape index (κ3) is 5.97. The van der Waals surface area contributed by atoms with Crippen LogP contribution in [0.3, 0.4) is 0 Å². The Bertz CT molecular complexity index is 978. The van der Waals surface area contributed by atoms with Crippen LogP contribution in [0.5, 0.6) is 0 Å². The third-order valence-corrected chi connectivity index (χ3v) is 3.30. The number of halogens is 3. The molecule has 0 saturated heterocycles. The summed E-state index contributed by atoms with van der Waals surface area (Å²) < 4.78 is 33.1. The predicted molar refractivity (Wildman–Crippen MR) is 86.3 cm³/mol. The maximum absolute atomic E-state index is 10.5. The van der Waals surface area contributed by atoms with Crippen molar-refractivity contribution in [3.05, 3.63) is 48.9 Å². The number of rotatable bonds is 4. The van der Waals surface area contributed by atoms with Gasteiger partial charge in [-0.25, -0.2) is 4.98 Å². The highest BCUT2D eigenvalue weighted by molar-refractivity contribution is 5.76. The summed E-state index contributed by atoms with van der Waals surface area (Å²) in [6, 6.07) is 9.52. The number of carbonyl (C=O) groups is 2. The third-order valence-electron chi connectivity index (χ3n) is 3.30. The molecule has 0 radical (unpaired) electrons. The topological polar surface area (TPSA) is 120 Å². The number of aromatic nitrogens is 4. The van der Waals surface area contributed by atoms with Crippen molar-refractivity contribution in [2.45, 2.75) is 19.1 Å². The number of benzene rings is 1. The van der Waals surface area contributed by atoms with Crippen LogP contribution in [0.15, 0.2) is 48.9 Å². The quantitative estimate of drug-likeness (QED) is 0.649. The van der Waals surface area contributed by atoms with Crippen LogP contribution in [0.1, 0.15) is 6.42 Å². The molecule has 11 heteroatoms. The van der Waals surface area contributed by atoms with Gasteiger partial charge in [-0.15, -0.1) is 0 Å². The Balaban J connectivity index is 0.000000345. The van der Waals surface area contributed by atoms with Crippen LogP contribution in [0.4, 0.5) is 13.2 Å². The number of carboxylic acid groups (broad SMARTS) is 2. The van der Waals surface area contributed by atoms with Crippen LogP contribution in [0.2, 0.25) is 0 Å². The minimum Gasteiger partial charge on any atom is -0.542 e. The van der Waals surface area contributed by atoms with Gasteiger partial charge in [-0.05, 0) is 17.2 Å². The minimum absolute atomic E-state index is 0.0484. The van der Waals surface area contributed by atoms with Gasteiger partial charge in [-0.2, -0.15) is 13.2 Å². The molecule has 0 amide bonds. The second-order valence-corrected chi connectivity index (χ2v) is 5.35. The van der Waals surface area contributed by atoms with Gasteiger partial charge < -0.3 is 15.0 Å². The van der Waals surface area contributed by atoms with E-state index < -0.39 is 18.1 Å². The minimum atomic E-state index is -5.19. The van der Waals surface area contributed by atoms with Crippen molar-refractivity contribution in [3.63, 3.8) is 0 Å². The van der Waals surface area contributed by atoms with Crippen LogP contribution in [0, 0.1) is 0 Å². The Hall–Kier alpha value is -3.63. The normalized spacial score (nSPS) is 10.8. The smallest absolute Gasteiger partial charge is 0.430 e. The molecule has 146 valence electrons. The molecule has 28 heavy (non-hydrogen) atoms. The Labute approximate surface area is 155 Å². The van der Waals surface area contributed by atoms with Crippen molar-refractivity contribution < 1.29 is 37.7 Å². The lowest BCUT2D eigenvalue weighted by atomic mass is 10.2. The first kappa shape index (κ1) is 20.7. The molecule has 3 aromatic rings. The summed E-state index contributed by atoms with van der Waals surface area (Å²) >= 11 is 0. The summed E-state index contributed by atoms with van der Waals surface area (Å²) in [6.07, 6.45) is -0.0243. The van der Waals surface area contributed by atoms with Gasteiger partial charge in [0.1, 0.15) is 18.6 Å². The number of hydrogen-bond acceptors (Lipinski definition) is 6. The summed E-state index contributed by atoms with van der Waals surface area (Å²) in [5.41, 5.74) is 3.27. The van der Waals surface area contributed by atoms with Crippen molar-refractivity contribution in [2.75, 3.05) is 0 Å². The number of aryl methyl sites for hydroxylation is 1. The number of alkyl halides is 3. The van der Waals surface area contributed by atoms with E-state index in [2.05, 4.69) is 15.1 Å². The number of hydrogen-bond donors (Lipinski definition) is 1. The summed E-state index contributed by atoms with van der Waals surface area (Å²) in [6.45, 7) is 0.346. The van der Waals surface area contributed by atoms with Gasteiger partial charge in [-0.3, -0.25) is 9.78 Å². The van der Waals surface area contributed by atoms with E-state index in [1.807, 2.05) is 30.3 Å². The molecule has 0 aliphatic rings. The molecule has 1 N–H and O–H groups in total. The second kappa shape index (κ2) is 8.84. The van der Waals surface area contributed by atoms with Gasteiger partial charge in [0.2, 0.25) is 0 Å². The average molecular weight is 394 g/mol. The van der Waals surface area contributed by atoms with E-state index in [1.165, 1.54) is 0 Å². The van der Waals surface area contributed by atoms with Gasteiger partial charge >= 0.3 is 12.1 Å². The summed E-state index contributed by atoms with van der Waals surface area (Å²) in [4.78, 5) is 28.2. The molecule has 8 nitrogen and oxygen atoms in total. The van der Waals surface area contributed by atoms with Gasteiger partial charge in [0, 0.05) is 11.6 Å². The number of carbonyl (C=O) groups excluding carboxylic acids is 1. The lowest BCUT2D eigenvalue weighted by molar-refractivity contribution is -0.752. The zero-order valence-electron chi connectivity index (χ0n) is 14.1. The van der Waals surface area contributed by atoms with E-state index in [4.69, 9.17) is 15.0 Å². The Morgan fingerprint density at radius 1 is 1.11 bits per heavy atom. The lowest BCUT2D eigenvalue weighted by Gasteiger charge is -2.03. The van der Waals surface area contributed by atoms with Crippen LogP contribution in [0.25, 0.3) is 22.3 Å². The number of carboxylic acids is 2. The SMILES string of the molecule is O=C(O)CC[n+]1ccc(-c2cnc3ccccc3n2)cn1.O=C([O-])C(F)(F)F. The lowest BCUT2D eigenvalue weighted by Crippen LogP contribution is -2.38. The van der Waals surface area contributed by atoms with Gasteiger partial charge in [-0.1, -0.05) is 16.8 Å². The first-order valence-electron chi connectivity index (χ1n) is 7.74. The maximum atomic E-state index is 10.5. The summed E-state index contributed by atoms with van der Waals surface area (Å²) in [5, 5.41) is 21.6. The highest BCUT2D eigenvalue weighted by Gasteiger charge is 2.28. The predicted octanol–water partition coefficient (Wildman–Crippen LogP) is 0.753. The molecular weight excluding hydrogens is 381 g/mol. The molecule has 0 aliphatic carbocycles. The largest absolute Gasteiger partial charge is 0.542 e.